The Kier molecular flexibility index (Phi) is 13.5. The molecule has 0 aromatic carbocycles. The number of unbranched alkanes of at least 4 members (excludes halogenated alkanes) is 9. The first kappa shape index (κ1) is 22.4. The third-order valence-electron chi connectivity index (χ3n) is 4.45. The highest BCUT2D eigenvalue weighted by Crippen LogP contribution is 2.10. The molecule has 5 heteroatoms. The fourth-order valence-corrected chi connectivity index (χ4v) is 2.97. The number of aliphatic hydroxyl groups is 1. The molecule has 0 unspecified atom stereocenters. The first-order valence-electron chi connectivity index (χ1n) is 10.3. The Hall–Kier alpha value is -1.62. The van der Waals surface area contributed by atoms with Crippen LogP contribution in [-0.4, -0.2) is 24.4 Å². The van der Waals surface area contributed by atoms with Crippen LogP contribution in [0.4, 0.5) is 4.79 Å². The van der Waals surface area contributed by atoms with Crippen molar-refractivity contribution < 1.29 is 19.2 Å². The first-order valence-corrected chi connectivity index (χ1v) is 10.3. The lowest BCUT2D eigenvalue weighted by Gasteiger charge is -2.05. The number of carbonyl (C=O) groups is 1. The SMILES string of the molecule is CCCCCCCCCCCC[n+]1cccc(CNC(=O)OCCO)c1. The summed E-state index contributed by atoms with van der Waals surface area (Å²) in [6, 6.07) is 3.99. The highest BCUT2D eigenvalue weighted by Gasteiger charge is 2.05. The number of pyridine rings is 1. The molecule has 0 aliphatic heterocycles. The van der Waals surface area contributed by atoms with Crippen molar-refractivity contribution in [3.8, 4) is 0 Å². The summed E-state index contributed by atoms with van der Waals surface area (Å²) in [5.41, 5.74) is 1.04. The average molecular weight is 366 g/mol. The Morgan fingerprint density at radius 1 is 1.08 bits per heavy atom. The Labute approximate surface area is 158 Å². The van der Waals surface area contributed by atoms with Gasteiger partial charge in [-0.1, -0.05) is 58.3 Å². The molecule has 0 fully saturated rings. The lowest BCUT2D eigenvalue weighted by atomic mass is 10.1. The minimum Gasteiger partial charge on any atom is -0.447 e. The number of alkyl carbamates (subject to hydrolysis) is 1. The van der Waals surface area contributed by atoms with E-state index in [9.17, 15) is 4.79 Å². The summed E-state index contributed by atoms with van der Waals surface area (Å²) in [6.07, 6.45) is 17.1. The van der Waals surface area contributed by atoms with E-state index < -0.39 is 6.09 Å². The van der Waals surface area contributed by atoms with E-state index >= 15 is 0 Å². The van der Waals surface area contributed by atoms with E-state index in [0.717, 1.165) is 12.1 Å². The fourth-order valence-electron chi connectivity index (χ4n) is 2.97. The largest absolute Gasteiger partial charge is 0.447 e. The van der Waals surface area contributed by atoms with Gasteiger partial charge in [-0.3, -0.25) is 0 Å². The van der Waals surface area contributed by atoms with Gasteiger partial charge in [0.25, 0.3) is 0 Å². The number of carbonyl (C=O) groups excluding carboxylic acids is 1. The maximum Gasteiger partial charge on any atom is 0.407 e. The fraction of sp³-hybridized carbons (Fsp3) is 0.714. The number of amides is 1. The van der Waals surface area contributed by atoms with Gasteiger partial charge >= 0.3 is 6.09 Å². The van der Waals surface area contributed by atoms with Gasteiger partial charge in [-0.2, -0.15) is 0 Å². The van der Waals surface area contributed by atoms with E-state index in [0.29, 0.717) is 6.54 Å². The van der Waals surface area contributed by atoms with Crippen LogP contribution >= 0.6 is 0 Å². The first-order chi connectivity index (χ1) is 12.8. The molecule has 1 aromatic rings. The molecule has 0 aliphatic carbocycles. The summed E-state index contributed by atoms with van der Waals surface area (Å²) in [5, 5.41) is 11.3. The molecule has 0 atom stereocenters. The van der Waals surface area contributed by atoms with Crippen molar-refractivity contribution in [3.05, 3.63) is 30.1 Å². The van der Waals surface area contributed by atoms with Gasteiger partial charge in [0, 0.05) is 18.1 Å². The van der Waals surface area contributed by atoms with Gasteiger partial charge in [0.2, 0.25) is 0 Å². The molecule has 0 spiro atoms. The number of aromatic nitrogens is 1. The van der Waals surface area contributed by atoms with Crippen LogP contribution in [0.3, 0.4) is 0 Å². The zero-order chi connectivity index (χ0) is 18.9. The number of ether oxygens (including phenoxy) is 1. The van der Waals surface area contributed by atoms with Crippen molar-refractivity contribution in [1.29, 1.82) is 0 Å². The van der Waals surface area contributed by atoms with Crippen molar-refractivity contribution in [2.24, 2.45) is 0 Å². The Balaban J connectivity index is 2.09. The second-order valence-electron chi connectivity index (χ2n) is 6.85. The van der Waals surface area contributed by atoms with Gasteiger partial charge in [-0.05, 0) is 12.5 Å². The maximum atomic E-state index is 11.4. The van der Waals surface area contributed by atoms with E-state index in [1.54, 1.807) is 0 Å². The Bertz CT molecular complexity index is 480. The standard InChI is InChI=1S/C21H36N2O3/c1-2-3-4-5-6-7-8-9-10-11-14-23-15-12-13-20(19-23)18-22-21(25)26-17-16-24/h12-13,15,19,24H,2-11,14,16-18H2,1H3/p+1. The highest BCUT2D eigenvalue weighted by atomic mass is 16.6. The second-order valence-corrected chi connectivity index (χ2v) is 6.85. The van der Waals surface area contributed by atoms with E-state index in [2.05, 4.69) is 29.2 Å². The van der Waals surface area contributed by atoms with Crippen LogP contribution in [-0.2, 0) is 17.8 Å². The quantitative estimate of drug-likeness (QED) is 0.363. The molecule has 2 N–H and O–H groups in total. The van der Waals surface area contributed by atoms with Crippen molar-refractivity contribution in [3.63, 3.8) is 0 Å². The molecule has 0 saturated carbocycles. The van der Waals surface area contributed by atoms with E-state index in [1.165, 1.54) is 64.2 Å². The predicted octanol–water partition coefficient (Wildman–Crippen LogP) is 4.11. The highest BCUT2D eigenvalue weighted by molar-refractivity contribution is 5.67. The van der Waals surface area contributed by atoms with Crippen LogP contribution in [0.1, 0.15) is 76.7 Å². The van der Waals surface area contributed by atoms with Crippen LogP contribution in [0.25, 0.3) is 0 Å². The van der Waals surface area contributed by atoms with Gasteiger partial charge in [-0.25, -0.2) is 9.36 Å². The summed E-state index contributed by atoms with van der Waals surface area (Å²) in [6.45, 7) is 3.58. The minimum absolute atomic E-state index is 0.0271. The third kappa shape index (κ3) is 11.9. The summed E-state index contributed by atoms with van der Waals surface area (Å²) in [4.78, 5) is 11.4. The molecule has 26 heavy (non-hydrogen) atoms. The zero-order valence-corrected chi connectivity index (χ0v) is 16.4. The van der Waals surface area contributed by atoms with E-state index in [1.807, 2.05) is 12.1 Å². The molecule has 1 heterocycles. The molecule has 0 bridgehead atoms. The van der Waals surface area contributed by atoms with Crippen LogP contribution in [0.2, 0.25) is 0 Å². The van der Waals surface area contributed by atoms with Crippen LogP contribution in [0.5, 0.6) is 0 Å². The topological polar surface area (TPSA) is 62.4 Å². The molecule has 1 rings (SSSR count). The molecule has 148 valence electrons. The number of aryl methyl sites for hydroxylation is 1. The number of aliphatic hydroxyl groups excluding tert-OH is 1. The van der Waals surface area contributed by atoms with Gasteiger partial charge in [0.15, 0.2) is 12.4 Å². The van der Waals surface area contributed by atoms with Gasteiger partial charge in [0.1, 0.15) is 13.2 Å². The van der Waals surface area contributed by atoms with Crippen LogP contribution in [0, 0.1) is 0 Å². The average Bonchev–Trinajstić information content (AvgIpc) is 2.66. The second kappa shape index (κ2) is 15.6. The van der Waals surface area contributed by atoms with Crippen molar-refractivity contribution >= 4 is 6.09 Å². The number of hydrogen-bond donors (Lipinski definition) is 2. The van der Waals surface area contributed by atoms with Gasteiger partial charge in [-0.15, -0.1) is 0 Å². The van der Waals surface area contributed by atoms with E-state index in [4.69, 9.17) is 9.84 Å². The third-order valence-corrected chi connectivity index (χ3v) is 4.45. The number of nitrogens with one attached hydrogen (secondary N) is 1. The molecular formula is C21H37N2O3+. The Morgan fingerprint density at radius 3 is 2.38 bits per heavy atom. The van der Waals surface area contributed by atoms with Crippen LogP contribution < -0.4 is 9.88 Å². The number of rotatable bonds is 15. The van der Waals surface area contributed by atoms with Gasteiger partial charge < -0.3 is 15.2 Å². The summed E-state index contributed by atoms with van der Waals surface area (Å²) in [5.74, 6) is 0. The maximum absolute atomic E-state index is 11.4. The zero-order valence-electron chi connectivity index (χ0n) is 16.4. The van der Waals surface area contributed by atoms with Crippen molar-refractivity contribution in [2.75, 3.05) is 13.2 Å². The number of nitrogens with zero attached hydrogens (tertiary/aromatic N) is 1. The normalized spacial score (nSPS) is 10.7. The molecule has 1 aromatic heterocycles. The monoisotopic (exact) mass is 365 g/mol. The molecular weight excluding hydrogens is 328 g/mol. The van der Waals surface area contributed by atoms with Crippen molar-refractivity contribution in [1.82, 2.24) is 5.32 Å². The molecule has 0 saturated heterocycles. The summed E-state index contributed by atoms with van der Waals surface area (Å²) in [7, 11) is 0. The van der Waals surface area contributed by atoms with Crippen LogP contribution in [0.15, 0.2) is 24.5 Å². The van der Waals surface area contributed by atoms with Gasteiger partial charge in [0.05, 0.1) is 13.2 Å². The molecule has 0 aliphatic rings. The predicted molar refractivity (Wildman–Crippen MR) is 104 cm³/mol. The van der Waals surface area contributed by atoms with E-state index in [-0.39, 0.29) is 13.2 Å². The minimum atomic E-state index is -0.496. The summed E-state index contributed by atoms with van der Waals surface area (Å²) >= 11 is 0. The molecule has 1 amide bonds. The Morgan fingerprint density at radius 2 is 1.73 bits per heavy atom. The summed E-state index contributed by atoms with van der Waals surface area (Å²) < 4.78 is 6.96. The van der Waals surface area contributed by atoms with Crippen molar-refractivity contribution in [2.45, 2.75) is 84.2 Å². The smallest absolute Gasteiger partial charge is 0.407 e. The number of hydrogen-bond acceptors (Lipinski definition) is 3. The lowest BCUT2D eigenvalue weighted by molar-refractivity contribution is -0.697. The molecule has 0 radical (unpaired) electrons. The lowest BCUT2D eigenvalue weighted by Crippen LogP contribution is -2.34. The molecule has 5 nitrogen and oxygen atoms in total.